The first-order chi connectivity index (χ1) is 10.6. The van der Waals surface area contributed by atoms with Gasteiger partial charge in [0, 0.05) is 18.6 Å². The van der Waals surface area contributed by atoms with Crippen LogP contribution in [0.15, 0.2) is 24.3 Å². The topological polar surface area (TPSA) is 98.5 Å². The van der Waals surface area contributed by atoms with E-state index in [9.17, 15) is 19.7 Å². The maximum atomic E-state index is 11.9. The van der Waals surface area contributed by atoms with Gasteiger partial charge in [-0.2, -0.15) is 0 Å². The number of nitrogens with one attached hydrogen (secondary N) is 1. The van der Waals surface area contributed by atoms with Gasteiger partial charge in [-0.25, -0.2) is 4.79 Å². The third kappa shape index (κ3) is 6.91. The number of rotatable bonds is 5. The Morgan fingerprint density at radius 2 is 1.91 bits per heavy atom. The van der Waals surface area contributed by atoms with Crippen LogP contribution in [-0.2, 0) is 16.0 Å². The Kier molecular flexibility index (Phi) is 6.89. The van der Waals surface area contributed by atoms with Gasteiger partial charge in [-0.15, -0.1) is 11.7 Å². The molecule has 0 aromatic heterocycles. The Bertz CT molecular complexity index is 584. The molecule has 0 saturated heterocycles. The fourth-order valence-corrected chi connectivity index (χ4v) is 2.35. The van der Waals surface area contributed by atoms with Gasteiger partial charge in [0.15, 0.2) is 0 Å². The first kappa shape index (κ1) is 19.3. The minimum Gasteiger partial charge on any atom is -0.444 e. The zero-order valence-corrected chi connectivity index (χ0v) is 14.6. The normalized spacial score (nSPS) is 12.3. The second-order valence-electron chi connectivity index (χ2n) is 5.74. The number of hydrogen-bond acceptors (Lipinski definition) is 7. The molecule has 0 radical (unpaired) electrons. The average Bonchev–Trinajstić information content (AvgIpc) is 2.44. The molecule has 1 unspecified atom stereocenters. The van der Waals surface area contributed by atoms with E-state index >= 15 is 0 Å². The third-order valence-electron chi connectivity index (χ3n) is 2.65. The molecule has 0 saturated carbocycles. The lowest BCUT2D eigenvalue weighted by molar-refractivity contribution is -0.384. The molecule has 1 rings (SSSR count). The molecular formula is C14H18N2O5S2. The van der Waals surface area contributed by atoms with Crippen molar-refractivity contribution >= 4 is 39.4 Å². The number of carbonyl (C=O) groups is 2. The number of benzene rings is 1. The highest BCUT2D eigenvalue weighted by Gasteiger charge is 2.24. The van der Waals surface area contributed by atoms with E-state index in [4.69, 9.17) is 4.74 Å². The number of hydrogen-bond donors (Lipinski definition) is 2. The van der Waals surface area contributed by atoms with E-state index in [1.54, 1.807) is 32.9 Å². The Hall–Kier alpha value is -1.74. The van der Waals surface area contributed by atoms with E-state index in [2.05, 4.69) is 17.0 Å². The van der Waals surface area contributed by atoms with Crippen LogP contribution in [0.5, 0.6) is 0 Å². The molecule has 0 fully saturated rings. The van der Waals surface area contributed by atoms with Crippen molar-refractivity contribution in [2.45, 2.75) is 38.8 Å². The Morgan fingerprint density at radius 3 is 2.35 bits per heavy atom. The van der Waals surface area contributed by atoms with Crippen molar-refractivity contribution in [3.05, 3.63) is 39.9 Å². The van der Waals surface area contributed by atoms with Crippen molar-refractivity contribution in [1.82, 2.24) is 5.32 Å². The van der Waals surface area contributed by atoms with Crippen LogP contribution in [0.2, 0.25) is 0 Å². The van der Waals surface area contributed by atoms with Crippen molar-refractivity contribution < 1.29 is 19.2 Å². The molecule has 1 N–H and O–H groups in total. The second-order valence-corrected chi connectivity index (χ2v) is 6.87. The minimum absolute atomic E-state index is 0.0414. The van der Waals surface area contributed by atoms with Crippen molar-refractivity contribution in [3.8, 4) is 0 Å². The first-order valence-corrected chi connectivity index (χ1v) is 8.57. The molecule has 126 valence electrons. The summed E-state index contributed by atoms with van der Waals surface area (Å²) in [5.74, 6) is 0. The lowest BCUT2D eigenvalue weighted by atomic mass is 10.1. The predicted molar refractivity (Wildman–Crippen MR) is 91.5 cm³/mol. The predicted octanol–water partition coefficient (Wildman–Crippen LogP) is 3.14. The number of nitrogens with zero attached hydrogens (tertiary/aromatic N) is 1. The summed E-state index contributed by atoms with van der Waals surface area (Å²) in [6.07, 6.45) is -0.524. The fourth-order valence-electron chi connectivity index (χ4n) is 1.70. The van der Waals surface area contributed by atoms with Crippen LogP contribution >= 0.6 is 22.5 Å². The summed E-state index contributed by atoms with van der Waals surface area (Å²) < 4.78 is 5.13. The number of amides is 1. The standard InChI is InChI=1S/C14H18N2O5S2/c1-14(2,3)21-13(18)15-11(12(17)23-22)8-9-4-6-10(7-5-9)16(19)20/h4-7,11,22H,8H2,1-3H3,(H,15,18). The molecule has 0 bridgehead atoms. The van der Waals surface area contributed by atoms with Gasteiger partial charge in [0.05, 0.1) is 4.92 Å². The van der Waals surface area contributed by atoms with Gasteiger partial charge in [0.2, 0.25) is 5.12 Å². The second kappa shape index (κ2) is 8.21. The highest BCUT2D eigenvalue weighted by atomic mass is 33.1. The molecular weight excluding hydrogens is 340 g/mol. The monoisotopic (exact) mass is 358 g/mol. The van der Waals surface area contributed by atoms with Gasteiger partial charge in [0.1, 0.15) is 11.6 Å². The van der Waals surface area contributed by atoms with Crippen molar-refractivity contribution in [2.24, 2.45) is 0 Å². The molecule has 7 nitrogen and oxygen atoms in total. The SMILES string of the molecule is CC(C)(C)OC(=O)NC(Cc1ccc([N+](=O)[O-])cc1)C(=O)SS. The first-order valence-electron chi connectivity index (χ1n) is 6.70. The summed E-state index contributed by atoms with van der Waals surface area (Å²) >= 11 is 3.86. The van der Waals surface area contributed by atoms with Crippen molar-refractivity contribution in [1.29, 1.82) is 0 Å². The molecule has 1 amide bonds. The summed E-state index contributed by atoms with van der Waals surface area (Å²) in [6, 6.07) is 4.93. The number of nitro benzene ring substituents is 1. The largest absolute Gasteiger partial charge is 0.444 e. The van der Waals surface area contributed by atoms with E-state index in [0.717, 1.165) is 0 Å². The molecule has 1 atom stereocenters. The summed E-state index contributed by atoms with van der Waals surface area (Å²) in [7, 11) is 0.697. The summed E-state index contributed by atoms with van der Waals surface area (Å²) in [4.78, 5) is 33.8. The lowest BCUT2D eigenvalue weighted by Gasteiger charge is -2.22. The van der Waals surface area contributed by atoms with Crippen LogP contribution in [0.3, 0.4) is 0 Å². The van der Waals surface area contributed by atoms with Crippen LogP contribution in [0.1, 0.15) is 26.3 Å². The third-order valence-corrected chi connectivity index (χ3v) is 3.66. The van der Waals surface area contributed by atoms with Crippen LogP contribution in [0, 0.1) is 10.1 Å². The van der Waals surface area contributed by atoms with Gasteiger partial charge in [0.25, 0.3) is 5.69 Å². The highest BCUT2D eigenvalue weighted by molar-refractivity contribution is 8.74. The summed E-state index contributed by atoms with van der Waals surface area (Å²) in [6.45, 7) is 5.15. The summed E-state index contributed by atoms with van der Waals surface area (Å²) in [5, 5.41) is 12.8. The Balaban J connectivity index is 2.80. The molecule has 1 aromatic carbocycles. The van der Waals surface area contributed by atoms with Crippen molar-refractivity contribution in [2.75, 3.05) is 0 Å². The van der Waals surface area contributed by atoms with Crippen LogP contribution < -0.4 is 5.32 Å². The van der Waals surface area contributed by atoms with E-state index in [1.165, 1.54) is 12.1 Å². The minimum atomic E-state index is -0.839. The van der Waals surface area contributed by atoms with E-state index in [0.29, 0.717) is 16.4 Å². The van der Waals surface area contributed by atoms with Gasteiger partial charge < -0.3 is 10.1 Å². The summed E-state index contributed by atoms with van der Waals surface area (Å²) in [5.41, 5.74) is -0.0493. The maximum absolute atomic E-state index is 11.9. The molecule has 1 aromatic rings. The molecule has 0 aliphatic carbocycles. The zero-order valence-electron chi connectivity index (χ0n) is 12.9. The van der Waals surface area contributed by atoms with Crippen LogP contribution in [0.4, 0.5) is 10.5 Å². The Labute approximate surface area is 143 Å². The van der Waals surface area contributed by atoms with Gasteiger partial charge >= 0.3 is 6.09 Å². The lowest BCUT2D eigenvalue weighted by Crippen LogP contribution is -2.43. The number of thiol groups is 1. The van der Waals surface area contributed by atoms with Crippen LogP contribution in [0.25, 0.3) is 0 Å². The molecule has 0 aliphatic heterocycles. The van der Waals surface area contributed by atoms with Crippen molar-refractivity contribution in [3.63, 3.8) is 0 Å². The number of ether oxygens (including phenoxy) is 1. The van der Waals surface area contributed by atoms with Gasteiger partial charge in [-0.1, -0.05) is 12.1 Å². The quantitative estimate of drug-likeness (QED) is 0.363. The Morgan fingerprint density at radius 1 is 1.35 bits per heavy atom. The van der Waals surface area contributed by atoms with Crippen LogP contribution in [-0.4, -0.2) is 27.8 Å². The fraction of sp³-hybridized carbons (Fsp3) is 0.429. The van der Waals surface area contributed by atoms with E-state index < -0.39 is 22.7 Å². The molecule has 9 heteroatoms. The number of nitro groups is 1. The smallest absolute Gasteiger partial charge is 0.408 e. The van der Waals surface area contributed by atoms with E-state index in [1.807, 2.05) is 0 Å². The zero-order chi connectivity index (χ0) is 17.6. The number of carbonyl (C=O) groups excluding carboxylic acids is 2. The van der Waals surface area contributed by atoms with E-state index in [-0.39, 0.29) is 17.2 Å². The molecule has 0 spiro atoms. The molecule has 0 heterocycles. The van der Waals surface area contributed by atoms with Gasteiger partial charge in [-0.05, 0) is 37.1 Å². The molecule has 23 heavy (non-hydrogen) atoms. The number of alkyl carbamates (subject to hydrolysis) is 1. The maximum Gasteiger partial charge on any atom is 0.408 e. The number of non-ortho nitro benzene ring substituents is 1. The molecule has 0 aliphatic rings. The average molecular weight is 358 g/mol. The highest BCUT2D eigenvalue weighted by Crippen LogP contribution is 2.17. The van der Waals surface area contributed by atoms with Gasteiger partial charge in [-0.3, -0.25) is 14.9 Å².